The maximum absolute atomic E-state index is 11.4. The SMILES string of the molecule is O=C(O)/C=C\C(=O)OC(=O)[C@H]1O[C@@H](O)[C@H](O)[C@@H](O)[C@@H]1O. The van der Waals surface area contributed by atoms with E-state index in [2.05, 4.69) is 9.47 Å². The van der Waals surface area contributed by atoms with Crippen molar-refractivity contribution in [1.82, 2.24) is 0 Å². The van der Waals surface area contributed by atoms with Crippen molar-refractivity contribution in [2.24, 2.45) is 0 Å². The number of rotatable bonds is 3. The third kappa shape index (κ3) is 3.82. The molecule has 0 saturated carbocycles. The number of carbonyl (C=O) groups is 3. The van der Waals surface area contributed by atoms with E-state index in [9.17, 15) is 24.6 Å². The highest BCUT2D eigenvalue weighted by Gasteiger charge is 2.47. The minimum absolute atomic E-state index is 0.418. The summed E-state index contributed by atoms with van der Waals surface area (Å²) >= 11 is 0. The molecule has 10 nitrogen and oxygen atoms in total. The molecule has 5 atom stereocenters. The fourth-order valence-electron chi connectivity index (χ4n) is 1.39. The number of carboxylic acid groups (broad SMARTS) is 1. The molecule has 0 aliphatic carbocycles. The Hall–Kier alpha value is -1.85. The summed E-state index contributed by atoms with van der Waals surface area (Å²) in [5, 5.41) is 45.4. The molecule has 0 spiro atoms. The van der Waals surface area contributed by atoms with Crippen LogP contribution in [0.3, 0.4) is 0 Å². The number of carboxylic acids is 1. The molecule has 1 aliphatic heterocycles. The van der Waals surface area contributed by atoms with Crippen LogP contribution in [0.2, 0.25) is 0 Å². The molecule has 0 aromatic heterocycles. The number of ether oxygens (including phenoxy) is 2. The molecular weight excluding hydrogens is 280 g/mol. The van der Waals surface area contributed by atoms with Gasteiger partial charge in [0.05, 0.1) is 0 Å². The molecule has 1 rings (SSSR count). The van der Waals surface area contributed by atoms with Crippen LogP contribution in [0.25, 0.3) is 0 Å². The maximum atomic E-state index is 11.4. The van der Waals surface area contributed by atoms with Gasteiger partial charge in [-0.1, -0.05) is 0 Å². The molecule has 1 saturated heterocycles. The molecule has 112 valence electrons. The van der Waals surface area contributed by atoms with Crippen LogP contribution >= 0.6 is 0 Å². The van der Waals surface area contributed by atoms with Gasteiger partial charge < -0.3 is 35.0 Å². The van der Waals surface area contributed by atoms with Crippen molar-refractivity contribution in [2.75, 3.05) is 0 Å². The quantitative estimate of drug-likeness (QED) is 0.199. The topological polar surface area (TPSA) is 171 Å². The second-order valence-corrected chi connectivity index (χ2v) is 3.83. The van der Waals surface area contributed by atoms with Gasteiger partial charge in [-0.2, -0.15) is 0 Å². The zero-order chi connectivity index (χ0) is 15.4. The summed E-state index contributed by atoms with van der Waals surface area (Å²) in [5.41, 5.74) is 0. The van der Waals surface area contributed by atoms with E-state index in [1.54, 1.807) is 0 Å². The lowest BCUT2D eigenvalue weighted by atomic mass is 9.99. The largest absolute Gasteiger partial charge is 0.478 e. The number of esters is 2. The van der Waals surface area contributed by atoms with Gasteiger partial charge in [-0.3, -0.25) is 0 Å². The van der Waals surface area contributed by atoms with Gasteiger partial charge in [-0.15, -0.1) is 0 Å². The molecule has 1 heterocycles. The molecule has 0 radical (unpaired) electrons. The van der Waals surface area contributed by atoms with Crippen LogP contribution in [0.5, 0.6) is 0 Å². The molecule has 20 heavy (non-hydrogen) atoms. The van der Waals surface area contributed by atoms with Crippen molar-refractivity contribution >= 4 is 17.9 Å². The second-order valence-electron chi connectivity index (χ2n) is 3.83. The maximum Gasteiger partial charge on any atom is 0.346 e. The molecule has 0 bridgehead atoms. The average molecular weight is 292 g/mol. The minimum Gasteiger partial charge on any atom is -0.478 e. The van der Waals surface area contributed by atoms with Crippen LogP contribution in [-0.2, 0) is 23.9 Å². The summed E-state index contributed by atoms with van der Waals surface area (Å²) < 4.78 is 8.62. The van der Waals surface area contributed by atoms with Crippen molar-refractivity contribution < 1.29 is 49.4 Å². The van der Waals surface area contributed by atoms with Crippen molar-refractivity contribution in [2.45, 2.75) is 30.7 Å². The highest BCUT2D eigenvalue weighted by molar-refractivity contribution is 5.97. The molecular formula is C10H12O10. The standard InChI is InChI=1S/C10H12O10/c11-3(12)1-2-4(13)19-10(18)8-6(15)5(14)7(16)9(17)20-8/h1-2,5-9,14-17H,(H,11,12)/b2-1-/t5-,6-,7+,8-,9+/m0/s1. The Morgan fingerprint density at radius 2 is 1.55 bits per heavy atom. The monoisotopic (exact) mass is 292 g/mol. The van der Waals surface area contributed by atoms with Gasteiger partial charge >= 0.3 is 17.9 Å². The van der Waals surface area contributed by atoms with E-state index in [0.29, 0.717) is 12.2 Å². The highest BCUT2D eigenvalue weighted by Crippen LogP contribution is 2.20. The van der Waals surface area contributed by atoms with Gasteiger partial charge in [-0.25, -0.2) is 14.4 Å². The van der Waals surface area contributed by atoms with Gasteiger partial charge in [-0.05, 0) is 0 Å². The van der Waals surface area contributed by atoms with Crippen molar-refractivity contribution in [3.63, 3.8) is 0 Å². The second kappa shape index (κ2) is 6.54. The van der Waals surface area contributed by atoms with Gasteiger partial charge in [0.1, 0.15) is 18.3 Å². The van der Waals surface area contributed by atoms with E-state index in [0.717, 1.165) is 0 Å². The van der Waals surface area contributed by atoms with Gasteiger partial charge in [0.25, 0.3) is 0 Å². The predicted octanol–water partition coefficient (Wildman–Crippen LogP) is -3.50. The smallest absolute Gasteiger partial charge is 0.346 e. The molecule has 0 amide bonds. The molecule has 0 aromatic carbocycles. The third-order valence-electron chi connectivity index (χ3n) is 2.38. The number of hydrogen-bond donors (Lipinski definition) is 5. The first-order valence-electron chi connectivity index (χ1n) is 5.28. The summed E-state index contributed by atoms with van der Waals surface area (Å²) in [5.74, 6) is -4.25. The van der Waals surface area contributed by atoms with Crippen LogP contribution < -0.4 is 0 Å². The first-order valence-corrected chi connectivity index (χ1v) is 5.28. The van der Waals surface area contributed by atoms with E-state index in [-0.39, 0.29) is 0 Å². The number of aliphatic hydroxyl groups is 4. The molecule has 5 N–H and O–H groups in total. The number of hydrogen-bond acceptors (Lipinski definition) is 9. The first kappa shape index (κ1) is 16.2. The lowest BCUT2D eigenvalue weighted by molar-refractivity contribution is -0.280. The predicted molar refractivity (Wildman–Crippen MR) is 56.8 cm³/mol. The average Bonchev–Trinajstić information content (AvgIpc) is 2.38. The van der Waals surface area contributed by atoms with Crippen molar-refractivity contribution in [1.29, 1.82) is 0 Å². The Morgan fingerprint density at radius 1 is 0.950 bits per heavy atom. The Balaban J connectivity index is 2.67. The van der Waals surface area contributed by atoms with Gasteiger partial charge in [0.15, 0.2) is 12.4 Å². The molecule has 0 aromatic rings. The van der Waals surface area contributed by atoms with E-state index in [1.807, 2.05) is 0 Å². The summed E-state index contributed by atoms with van der Waals surface area (Å²) in [7, 11) is 0. The van der Waals surface area contributed by atoms with Crippen LogP contribution in [0.15, 0.2) is 12.2 Å². The number of aliphatic carboxylic acids is 1. The first-order chi connectivity index (χ1) is 9.23. The van der Waals surface area contributed by atoms with E-state index >= 15 is 0 Å². The summed E-state index contributed by atoms with van der Waals surface area (Å²) in [6, 6.07) is 0. The van der Waals surface area contributed by atoms with Crippen LogP contribution in [0.1, 0.15) is 0 Å². The lowest BCUT2D eigenvalue weighted by Gasteiger charge is -2.36. The van der Waals surface area contributed by atoms with Gasteiger partial charge in [0.2, 0.25) is 0 Å². The van der Waals surface area contributed by atoms with Crippen molar-refractivity contribution in [3.8, 4) is 0 Å². The Labute approximate surface area is 111 Å². The van der Waals surface area contributed by atoms with E-state index in [1.165, 1.54) is 0 Å². The Kier molecular flexibility index (Phi) is 5.30. The highest BCUT2D eigenvalue weighted by atomic mass is 16.7. The lowest BCUT2D eigenvalue weighted by Crippen LogP contribution is -2.60. The molecule has 0 unspecified atom stereocenters. The minimum atomic E-state index is -1.96. The molecule has 10 heteroatoms. The number of carbonyl (C=O) groups excluding carboxylic acids is 2. The molecule has 1 aliphatic rings. The summed E-state index contributed by atoms with van der Waals surface area (Å²) in [4.78, 5) is 32.6. The fourth-order valence-corrected chi connectivity index (χ4v) is 1.39. The third-order valence-corrected chi connectivity index (χ3v) is 2.38. The van der Waals surface area contributed by atoms with Gasteiger partial charge in [0, 0.05) is 12.2 Å². The Morgan fingerprint density at radius 3 is 2.10 bits per heavy atom. The van der Waals surface area contributed by atoms with Crippen LogP contribution in [-0.4, -0.2) is 74.1 Å². The zero-order valence-corrected chi connectivity index (χ0v) is 9.82. The zero-order valence-electron chi connectivity index (χ0n) is 9.82. The normalized spacial score (nSPS) is 33.9. The Bertz CT molecular complexity index is 430. The van der Waals surface area contributed by atoms with E-state index in [4.69, 9.17) is 15.3 Å². The summed E-state index contributed by atoms with van der Waals surface area (Å²) in [6.07, 6.45) is -8.67. The summed E-state index contributed by atoms with van der Waals surface area (Å²) in [6.45, 7) is 0. The van der Waals surface area contributed by atoms with Crippen molar-refractivity contribution in [3.05, 3.63) is 12.2 Å². The molecule has 1 fully saturated rings. The van der Waals surface area contributed by atoms with Crippen LogP contribution in [0, 0.1) is 0 Å². The fraction of sp³-hybridized carbons (Fsp3) is 0.500. The van der Waals surface area contributed by atoms with Crippen LogP contribution in [0.4, 0.5) is 0 Å². The van der Waals surface area contributed by atoms with E-state index < -0.39 is 48.6 Å². The number of aliphatic hydroxyl groups excluding tert-OH is 4.